The maximum absolute atomic E-state index is 12.8. The first-order chi connectivity index (χ1) is 14.4. The number of hydrogen-bond acceptors (Lipinski definition) is 6. The number of benzene rings is 1. The Hall–Kier alpha value is -2.96. The van der Waals surface area contributed by atoms with Crippen molar-refractivity contribution in [3.05, 3.63) is 53.9 Å². The van der Waals surface area contributed by atoms with E-state index in [0.717, 1.165) is 25.2 Å². The van der Waals surface area contributed by atoms with Gasteiger partial charge in [-0.25, -0.2) is 15.0 Å². The third-order valence-electron chi connectivity index (χ3n) is 6.46. The minimum Gasteiger partial charge on any atom is -0.369 e. The number of nitrogens with zero attached hydrogens (tertiary/aromatic N) is 5. The summed E-state index contributed by atoms with van der Waals surface area (Å²) in [4.78, 5) is 30.4. The maximum Gasteiger partial charge on any atom is 0.232 e. The van der Waals surface area contributed by atoms with Gasteiger partial charge in [-0.15, -0.1) is 0 Å². The van der Waals surface area contributed by atoms with E-state index in [9.17, 15) is 4.79 Å². The van der Waals surface area contributed by atoms with Crippen LogP contribution in [0.1, 0.15) is 50.8 Å². The van der Waals surface area contributed by atoms with E-state index >= 15 is 0 Å². The molecule has 2 unspecified atom stereocenters. The lowest BCUT2D eigenvalue weighted by Crippen LogP contribution is -2.51. The standard InChI is InChI=1S/C23H30N6O/c1-16(2)23(3)13-20(30)29(21(24)27-23)15-19-9-11-25-22(26-19)28-12-10-18(14-28)17-7-5-4-6-8-17/h4-9,11,16,18H,10,12-15H2,1-3H3,(H2,24,27). The first-order valence-corrected chi connectivity index (χ1v) is 10.6. The van der Waals surface area contributed by atoms with Crippen LogP contribution >= 0.6 is 0 Å². The third-order valence-corrected chi connectivity index (χ3v) is 6.46. The van der Waals surface area contributed by atoms with E-state index in [4.69, 9.17) is 10.7 Å². The Morgan fingerprint density at radius 3 is 2.70 bits per heavy atom. The van der Waals surface area contributed by atoms with Gasteiger partial charge < -0.3 is 10.6 Å². The van der Waals surface area contributed by atoms with Gasteiger partial charge >= 0.3 is 0 Å². The fourth-order valence-corrected chi connectivity index (χ4v) is 4.12. The van der Waals surface area contributed by atoms with E-state index in [2.05, 4.69) is 53.0 Å². The number of carbonyl (C=O) groups is 1. The first-order valence-electron chi connectivity index (χ1n) is 10.6. The zero-order valence-corrected chi connectivity index (χ0v) is 18.0. The molecule has 1 saturated heterocycles. The van der Waals surface area contributed by atoms with Crippen LogP contribution in [0.5, 0.6) is 0 Å². The van der Waals surface area contributed by atoms with Crippen molar-refractivity contribution in [2.24, 2.45) is 16.6 Å². The summed E-state index contributed by atoms with van der Waals surface area (Å²) in [5.74, 6) is 1.69. The Balaban J connectivity index is 1.48. The lowest BCUT2D eigenvalue weighted by Gasteiger charge is -2.37. The van der Waals surface area contributed by atoms with Gasteiger partial charge in [0, 0.05) is 25.2 Å². The molecule has 0 saturated carbocycles. The average Bonchev–Trinajstić information content (AvgIpc) is 3.22. The van der Waals surface area contributed by atoms with E-state index in [-0.39, 0.29) is 17.8 Å². The molecule has 7 heteroatoms. The highest BCUT2D eigenvalue weighted by Crippen LogP contribution is 2.31. The topological polar surface area (TPSA) is 87.7 Å². The molecule has 0 spiro atoms. The van der Waals surface area contributed by atoms with Crippen molar-refractivity contribution in [1.29, 1.82) is 0 Å². The fraction of sp³-hybridized carbons (Fsp3) is 0.478. The van der Waals surface area contributed by atoms with Crippen LogP contribution in [0.15, 0.2) is 47.6 Å². The Kier molecular flexibility index (Phi) is 5.45. The van der Waals surface area contributed by atoms with Gasteiger partial charge in [0.1, 0.15) is 0 Å². The molecule has 1 amide bonds. The molecule has 1 fully saturated rings. The lowest BCUT2D eigenvalue weighted by atomic mass is 9.84. The Morgan fingerprint density at radius 2 is 2.00 bits per heavy atom. The summed E-state index contributed by atoms with van der Waals surface area (Å²) >= 11 is 0. The Labute approximate surface area is 178 Å². The van der Waals surface area contributed by atoms with Gasteiger partial charge in [0.15, 0.2) is 5.96 Å². The zero-order valence-electron chi connectivity index (χ0n) is 18.0. The van der Waals surface area contributed by atoms with Crippen LogP contribution in [0.3, 0.4) is 0 Å². The second kappa shape index (κ2) is 8.05. The maximum atomic E-state index is 12.8. The summed E-state index contributed by atoms with van der Waals surface area (Å²) in [6, 6.07) is 12.4. The van der Waals surface area contributed by atoms with Gasteiger partial charge in [-0.2, -0.15) is 0 Å². The van der Waals surface area contributed by atoms with Gasteiger partial charge in [0.25, 0.3) is 0 Å². The van der Waals surface area contributed by atoms with Gasteiger partial charge in [0.05, 0.1) is 24.2 Å². The molecule has 2 aromatic rings. The molecule has 2 aliphatic rings. The summed E-state index contributed by atoms with van der Waals surface area (Å²) in [5.41, 5.74) is 7.85. The largest absolute Gasteiger partial charge is 0.369 e. The van der Waals surface area contributed by atoms with Crippen LogP contribution < -0.4 is 10.6 Å². The number of hydrogen-bond donors (Lipinski definition) is 1. The molecule has 0 bridgehead atoms. The highest BCUT2D eigenvalue weighted by atomic mass is 16.2. The van der Waals surface area contributed by atoms with Crippen molar-refractivity contribution in [1.82, 2.24) is 14.9 Å². The number of rotatable bonds is 5. The number of guanidine groups is 1. The molecule has 4 rings (SSSR count). The van der Waals surface area contributed by atoms with Crippen LogP contribution in [-0.2, 0) is 11.3 Å². The average molecular weight is 407 g/mol. The summed E-state index contributed by atoms with van der Waals surface area (Å²) in [6.45, 7) is 8.24. The number of aliphatic imine (C=N–C) groups is 1. The van der Waals surface area contributed by atoms with E-state index in [1.165, 1.54) is 10.5 Å². The zero-order chi connectivity index (χ0) is 21.3. The first kappa shape index (κ1) is 20.3. The van der Waals surface area contributed by atoms with Crippen molar-refractivity contribution in [2.75, 3.05) is 18.0 Å². The van der Waals surface area contributed by atoms with Gasteiger partial charge in [-0.1, -0.05) is 44.2 Å². The van der Waals surface area contributed by atoms with Crippen molar-refractivity contribution >= 4 is 17.8 Å². The van der Waals surface area contributed by atoms with Gasteiger partial charge in [-0.3, -0.25) is 9.69 Å². The quantitative estimate of drug-likeness (QED) is 0.825. The smallest absolute Gasteiger partial charge is 0.232 e. The van der Waals surface area contributed by atoms with Crippen molar-refractivity contribution < 1.29 is 4.79 Å². The molecule has 158 valence electrons. The van der Waals surface area contributed by atoms with E-state index < -0.39 is 5.54 Å². The van der Waals surface area contributed by atoms with Crippen LogP contribution in [0.2, 0.25) is 0 Å². The fourth-order valence-electron chi connectivity index (χ4n) is 4.12. The second-order valence-corrected chi connectivity index (χ2v) is 8.83. The molecule has 7 nitrogen and oxygen atoms in total. The molecule has 0 aliphatic carbocycles. The summed E-state index contributed by atoms with van der Waals surface area (Å²) < 4.78 is 0. The molecule has 2 N–H and O–H groups in total. The number of amides is 1. The molecule has 3 heterocycles. The van der Waals surface area contributed by atoms with E-state index in [1.54, 1.807) is 6.20 Å². The Bertz CT molecular complexity index is 944. The Morgan fingerprint density at radius 1 is 1.23 bits per heavy atom. The van der Waals surface area contributed by atoms with Gasteiger partial charge in [0.2, 0.25) is 11.9 Å². The van der Waals surface area contributed by atoms with Crippen molar-refractivity contribution in [3.63, 3.8) is 0 Å². The number of anilines is 1. The third kappa shape index (κ3) is 4.01. The molecule has 0 radical (unpaired) electrons. The number of nitrogens with two attached hydrogens (primary N) is 1. The molecule has 2 aliphatic heterocycles. The molecular formula is C23H30N6O. The monoisotopic (exact) mass is 406 g/mol. The summed E-state index contributed by atoms with van der Waals surface area (Å²) in [6.07, 6.45) is 3.19. The van der Waals surface area contributed by atoms with Crippen molar-refractivity contribution in [3.8, 4) is 0 Å². The number of aromatic nitrogens is 2. The normalized spacial score (nSPS) is 24.5. The molecular weight excluding hydrogens is 376 g/mol. The van der Waals surface area contributed by atoms with Crippen molar-refractivity contribution in [2.45, 2.75) is 51.6 Å². The highest BCUT2D eigenvalue weighted by Gasteiger charge is 2.38. The van der Waals surface area contributed by atoms with Crippen LogP contribution in [0.4, 0.5) is 5.95 Å². The molecule has 1 aromatic heterocycles. The van der Waals surface area contributed by atoms with E-state index in [0.29, 0.717) is 24.8 Å². The SMILES string of the molecule is CC(C)C1(C)CC(=O)N(Cc2ccnc(N3CCC(c4ccccc4)C3)n2)C(N)=N1. The number of carbonyl (C=O) groups excluding carboxylic acids is 1. The minimum atomic E-state index is -0.448. The van der Waals surface area contributed by atoms with Crippen LogP contribution in [0.25, 0.3) is 0 Å². The molecule has 30 heavy (non-hydrogen) atoms. The highest BCUT2D eigenvalue weighted by molar-refractivity contribution is 5.98. The van der Waals surface area contributed by atoms with Gasteiger partial charge in [-0.05, 0) is 30.9 Å². The second-order valence-electron chi connectivity index (χ2n) is 8.83. The van der Waals surface area contributed by atoms with E-state index in [1.807, 2.05) is 19.1 Å². The summed E-state index contributed by atoms with van der Waals surface area (Å²) in [5, 5.41) is 0. The predicted octanol–water partition coefficient (Wildman–Crippen LogP) is 2.93. The molecule has 2 atom stereocenters. The predicted molar refractivity (Wildman–Crippen MR) is 118 cm³/mol. The van der Waals surface area contributed by atoms with Crippen LogP contribution in [-0.4, -0.2) is 45.4 Å². The van der Waals surface area contributed by atoms with Crippen LogP contribution in [0, 0.1) is 5.92 Å². The molecule has 1 aromatic carbocycles. The minimum absolute atomic E-state index is 0.0100. The lowest BCUT2D eigenvalue weighted by molar-refractivity contribution is -0.130. The summed E-state index contributed by atoms with van der Waals surface area (Å²) in [7, 11) is 0.